The molecule has 0 saturated heterocycles. The number of pyridine rings is 1. The van der Waals surface area contributed by atoms with E-state index in [-0.39, 0.29) is 24.3 Å². The van der Waals surface area contributed by atoms with Crippen LogP contribution >= 0.6 is 11.6 Å². The van der Waals surface area contributed by atoms with Gasteiger partial charge < -0.3 is 14.0 Å². The Labute approximate surface area is 204 Å². The Morgan fingerprint density at radius 2 is 1.83 bits per heavy atom. The molecule has 0 spiro atoms. The molecule has 3 aromatic heterocycles. The first-order chi connectivity index (χ1) is 16.9. The lowest BCUT2D eigenvalue weighted by molar-refractivity contribution is 0.293. The molecule has 178 valence electrons. The van der Waals surface area contributed by atoms with E-state index in [1.54, 1.807) is 73.6 Å². The van der Waals surface area contributed by atoms with Crippen LogP contribution in [0.4, 0.5) is 0 Å². The zero-order chi connectivity index (χ0) is 24.5. The third-order valence-corrected chi connectivity index (χ3v) is 5.99. The number of rotatable bonds is 7. The minimum Gasteiger partial charge on any atom is -0.497 e. The molecule has 0 saturated carbocycles. The molecule has 0 aliphatic rings. The van der Waals surface area contributed by atoms with Crippen LogP contribution in [-0.4, -0.2) is 31.2 Å². The molecule has 0 aliphatic heterocycles. The lowest BCUT2D eigenvalue weighted by Gasteiger charge is -2.14. The molecule has 5 aromatic rings. The summed E-state index contributed by atoms with van der Waals surface area (Å²) in [6.45, 7) is 0.158. The van der Waals surface area contributed by atoms with Crippen LogP contribution in [0.1, 0.15) is 11.4 Å². The van der Waals surface area contributed by atoms with Gasteiger partial charge in [0.25, 0.3) is 11.1 Å². The van der Waals surface area contributed by atoms with Crippen LogP contribution in [0.3, 0.4) is 0 Å². The normalized spacial score (nSPS) is 11.2. The summed E-state index contributed by atoms with van der Waals surface area (Å²) in [5, 5.41) is 8.15. The van der Waals surface area contributed by atoms with E-state index in [0.717, 1.165) is 0 Å². The highest BCUT2D eigenvalue weighted by Gasteiger charge is 2.20. The van der Waals surface area contributed by atoms with Gasteiger partial charge in [-0.05, 0) is 30.3 Å². The zero-order valence-electron chi connectivity index (χ0n) is 19.1. The molecule has 0 aliphatic carbocycles. The maximum atomic E-state index is 13.6. The topological polar surface area (TPSA) is 96.1 Å². The number of hydrogen-bond donors (Lipinski definition) is 1. The monoisotopic (exact) mass is 491 g/mol. The number of ether oxygens (including phenoxy) is 2. The highest BCUT2D eigenvalue weighted by molar-refractivity contribution is 6.32. The van der Waals surface area contributed by atoms with Crippen molar-refractivity contribution in [2.24, 2.45) is 7.05 Å². The molecular formula is C25H22ClN5O4. The number of aromatic amines is 1. The largest absolute Gasteiger partial charge is 0.497 e. The number of methoxy groups -OCH3 is 1. The van der Waals surface area contributed by atoms with Crippen LogP contribution in [0.25, 0.3) is 16.6 Å². The lowest BCUT2D eigenvalue weighted by Crippen LogP contribution is -2.26. The quantitative estimate of drug-likeness (QED) is 0.376. The average Bonchev–Trinajstić information content (AvgIpc) is 3.41. The van der Waals surface area contributed by atoms with Gasteiger partial charge in [-0.15, -0.1) is 0 Å². The Morgan fingerprint density at radius 3 is 2.57 bits per heavy atom. The van der Waals surface area contributed by atoms with Gasteiger partial charge in [-0.3, -0.25) is 19.4 Å². The van der Waals surface area contributed by atoms with Crippen molar-refractivity contribution in [1.29, 1.82) is 0 Å². The maximum absolute atomic E-state index is 13.6. The fourth-order valence-electron chi connectivity index (χ4n) is 3.99. The second-order valence-corrected chi connectivity index (χ2v) is 8.36. The first-order valence-corrected chi connectivity index (χ1v) is 11.2. The number of aromatic nitrogens is 5. The lowest BCUT2D eigenvalue weighted by atomic mass is 10.2. The van der Waals surface area contributed by atoms with Crippen LogP contribution in [0, 0.1) is 0 Å². The summed E-state index contributed by atoms with van der Waals surface area (Å²) < 4.78 is 15.8. The Bertz CT molecular complexity index is 1650. The second-order valence-electron chi connectivity index (χ2n) is 7.96. The first kappa shape index (κ1) is 22.5. The molecule has 9 nitrogen and oxygen atoms in total. The van der Waals surface area contributed by atoms with Crippen LogP contribution in [0.2, 0.25) is 5.02 Å². The molecule has 10 heteroatoms. The minimum atomic E-state index is -0.341. The summed E-state index contributed by atoms with van der Waals surface area (Å²) in [6.07, 6.45) is 1.80. The summed E-state index contributed by atoms with van der Waals surface area (Å²) in [6, 6.07) is 17.3. The Kier molecular flexibility index (Phi) is 5.92. The number of nitrogens with zero attached hydrogens (tertiary/aromatic N) is 4. The van der Waals surface area contributed by atoms with Crippen LogP contribution in [-0.2, 0) is 20.2 Å². The fraction of sp³-hybridized carbons (Fsp3) is 0.160. The number of nitrogens with one attached hydrogen (secondary N) is 1. The van der Waals surface area contributed by atoms with Crippen molar-refractivity contribution in [1.82, 2.24) is 24.1 Å². The van der Waals surface area contributed by atoms with Crippen molar-refractivity contribution in [2.75, 3.05) is 7.11 Å². The van der Waals surface area contributed by atoms with Gasteiger partial charge in [0.2, 0.25) is 0 Å². The molecule has 5 rings (SSSR count). The summed E-state index contributed by atoms with van der Waals surface area (Å²) >= 11 is 6.35. The number of para-hydroxylation sites is 1. The molecule has 35 heavy (non-hydrogen) atoms. The number of aryl methyl sites for hydroxylation is 1. The van der Waals surface area contributed by atoms with E-state index in [9.17, 15) is 9.59 Å². The standard InChI is InChI=1S/C25H22ClN5O4/c1-29-11-10-16(27-29)14-30-22(15-35-18-7-5-6-17(12-18)34-2)24-20(13-23(30)32)28-31(25(24)33)21-9-4-3-8-19(21)26/h3-13,28H,14-15H2,1-2H3. The van der Waals surface area contributed by atoms with Gasteiger partial charge in [-0.25, -0.2) is 4.68 Å². The van der Waals surface area contributed by atoms with Crippen LogP contribution in [0.15, 0.2) is 76.4 Å². The van der Waals surface area contributed by atoms with E-state index in [1.165, 1.54) is 15.3 Å². The first-order valence-electron chi connectivity index (χ1n) is 10.8. The van der Waals surface area contributed by atoms with Crippen molar-refractivity contribution >= 4 is 22.5 Å². The molecule has 2 aromatic carbocycles. The molecule has 0 radical (unpaired) electrons. The van der Waals surface area contributed by atoms with Crippen molar-refractivity contribution in [3.05, 3.63) is 104 Å². The smallest absolute Gasteiger partial charge is 0.281 e. The molecule has 0 amide bonds. The Hall–Kier alpha value is -4.24. The fourth-order valence-corrected chi connectivity index (χ4v) is 4.21. The van der Waals surface area contributed by atoms with E-state index >= 15 is 0 Å². The summed E-state index contributed by atoms with van der Waals surface area (Å²) in [5.74, 6) is 1.18. The van der Waals surface area contributed by atoms with Crippen molar-refractivity contribution in [2.45, 2.75) is 13.2 Å². The number of hydrogen-bond acceptors (Lipinski definition) is 5. The van der Waals surface area contributed by atoms with Crippen molar-refractivity contribution in [3.8, 4) is 17.2 Å². The highest BCUT2D eigenvalue weighted by atomic mass is 35.5. The zero-order valence-corrected chi connectivity index (χ0v) is 19.8. The number of halogens is 1. The molecule has 3 heterocycles. The number of H-pyrrole nitrogens is 1. The van der Waals surface area contributed by atoms with E-state index in [2.05, 4.69) is 10.2 Å². The van der Waals surface area contributed by atoms with Crippen molar-refractivity contribution in [3.63, 3.8) is 0 Å². The van der Waals surface area contributed by atoms with Gasteiger partial charge in [0.05, 0.1) is 46.7 Å². The van der Waals surface area contributed by atoms with E-state index in [1.807, 2.05) is 6.07 Å². The molecule has 0 unspecified atom stereocenters. The van der Waals surface area contributed by atoms with Gasteiger partial charge in [-0.2, -0.15) is 5.10 Å². The SMILES string of the molecule is COc1cccc(OCc2c3c(=O)n(-c4ccccc4Cl)[nH]c3cc(=O)n2Cc2ccn(C)n2)c1. The van der Waals surface area contributed by atoms with Gasteiger partial charge in [-0.1, -0.05) is 29.8 Å². The van der Waals surface area contributed by atoms with Gasteiger partial charge in [0.1, 0.15) is 18.1 Å². The summed E-state index contributed by atoms with van der Waals surface area (Å²) in [5.41, 5.74) is 1.35. The highest BCUT2D eigenvalue weighted by Crippen LogP contribution is 2.23. The summed E-state index contributed by atoms with van der Waals surface area (Å²) in [7, 11) is 3.37. The predicted molar refractivity (Wildman–Crippen MR) is 133 cm³/mol. The van der Waals surface area contributed by atoms with E-state index in [0.29, 0.717) is 44.5 Å². The predicted octanol–water partition coefficient (Wildman–Crippen LogP) is 3.50. The summed E-state index contributed by atoms with van der Waals surface area (Å²) in [4.78, 5) is 26.8. The minimum absolute atomic E-state index is 0.0256. The van der Waals surface area contributed by atoms with Gasteiger partial charge in [0, 0.05) is 25.4 Å². The van der Waals surface area contributed by atoms with Crippen molar-refractivity contribution < 1.29 is 9.47 Å². The molecule has 1 N–H and O–H groups in total. The third-order valence-electron chi connectivity index (χ3n) is 5.67. The van der Waals surface area contributed by atoms with Gasteiger partial charge >= 0.3 is 0 Å². The van der Waals surface area contributed by atoms with Crippen LogP contribution in [0.5, 0.6) is 11.5 Å². The van der Waals surface area contributed by atoms with E-state index in [4.69, 9.17) is 21.1 Å². The van der Waals surface area contributed by atoms with Crippen LogP contribution < -0.4 is 20.6 Å². The Balaban J connectivity index is 1.67. The molecule has 0 fully saturated rings. The average molecular weight is 492 g/mol. The maximum Gasteiger partial charge on any atom is 0.281 e. The van der Waals surface area contributed by atoms with E-state index < -0.39 is 0 Å². The third kappa shape index (κ3) is 4.33. The molecular weight excluding hydrogens is 470 g/mol. The van der Waals surface area contributed by atoms with Gasteiger partial charge in [0.15, 0.2) is 0 Å². The number of fused-ring (bicyclic) bond motifs is 1. The molecule has 0 atom stereocenters. The second kappa shape index (κ2) is 9.19. The molecule has 0 bridgehead atoms. The number of benzene rings is 2. The Morgan fingerprint density at radius 1 is 1.03 bits per heavy atom.